The first-order valence-electron chi connectivity index (χ1n) is 12.6. The number of piperidine rings is 1. The van der Waals surface area contributed by atoms with Crippen LogP contribution in [0.2, 0.25) is 0 Å². The van der Waals surface area contributed by atoms with Gasteiger partial charge in [0.25, 0.3) is 0 Å². The molecule has 1 aliphatic rings. The molecule has 0 radical (unpaired) electrons. The topological polar surface area (TPSA) is 117 Å². The van der Waals surface area contributed by atoms with Gasteiger partial charge >= 0.3 is 0 Å². The predicted octanol–water partition coefficient (Wildman–Crippen LogP) is 4.44. The summed E-state index contributed by atoms with van der Waals surface area (Å²) in [5, 5.41) is 7.65. The molecule has 0 saturated carbocycles. The van der Waals surface area contributed by atoms with Gasteiger partial charge in [0.1, 0.15) is 17.4 Å². The maximum atomic E-state index is 4.99. The number of pyridine rings is 3. The molecule has 37 heavy (non-hydrogen) atoms. The van der Waals surface area contributed by atoms with Crippen LogP contribution in [0.5, 0.6) is 0 Å². The minimum atomic E-state index is 0.633. The van der Waals surface area contributed by atoms with Gasteiger partial charge < -0.3 is 4.98 Å². The van der Waals surface area contributed by atoms with E-state index in [0.29, 0.717) is 17.3 Å². The molecule has 7 heterocycles. The summed E-state index contributed by atoms with van der Waals surface area (Å²) < 4.78 is 1.88. The fourth-order valence-electron chi connectivity index (χ4n) is 5.07. The first-order valence-corrected chi connectivity index (χ1v) is 12.6. The second-order valence-electron chi connectivity index (χ2n) is 9.62. The highest BCUT2D eigenvalue weighted by Gasteiger charge is 2.18. The monoisotopic (exact) mass is 490 g/mol. The van der Waals surface area contributed by atoms with E-state index in [-0.39, 0.29) is 0 Å². The summed E-state index contributed by atoms with van der Waals surface area (Å²) in [5.41, 5.74) is 7.86. The summed E-state index contributed by atoms with van der Waals surface area (Å²) in [5.74, 6) is 1.35. The number of aromatic amines is 2. The fourth-order valence-corrected chi connectivity index (χ4v) is 5.07. The van der Waals surface area contributed by atoms with E-state index in [0.717, 1.165) is 58.7 Å². The molecule has 1 aliphatic heterocycles. The molecule has 6 aromatic heterocycles. The summed E-state index contributed by atoms with van der Waals surface area (Å²) >= 11 is 0. The Morgan fingerprint density at radius 1 is 0.946 bits per heavy atom. The van der Waals surface area contributed by atoms with Gasteiger partial charge in [0.2, 0.25) is 0 Å². The van der Waals surface area contributed by atoms with E-state index in [1.807, 2.05) is 48.3 Å². The molecule has 0 bridgehead atoms. The molecule has 2 N–H and O–H groups in total. The molecule has 0 unspecified atom stereocenters. The van der Waals surface area contributed by atoms with E-state index in [9.17, 15) is 0 Å². The summed E-state index contributed by atoms with van der Waals surface area (Å²) in [6.45, 7) is 5.18. The number of likely N-dealkylation sites (tertiary alicyclic amines) is 1. The zero-order valence-corrected chi connectivity index (χ0v) is 20.5. The molecule has 7 rings (SSSR count). The normalized spacial score (nSPS) is 14.6. The van der Waals surface area contributed by atoms with E-state index in [2.05, 4.69) is 41.1 Å². The Morgan fingerprint density at radius 3 is 2.73 bits per heavy atom. The maximum Gasteiger partial charge on any atom is 0.166 e. The first kappa shape index (κ1) is 21.8. The van der Waals surface area contributed by atoms with Crippen molar-refractivity contribution in [3.05, 3.63) is 66.6 Å². The average Bonchev–Trinajstić information content (AvgIpc) is 3.66. The molecule has 0 amide bonds. The molecule has 1 saturated heterocycles. The number of imidazole rings is 2. The van der Waals surface area contributed by atoms with Gasteiger partial charge in [-0.2, -0.15) is 5.10 Å². The van der Waals surface area contributed by atoms with Gasteiger partial charge in [-0.1, -0.05) is 6.42 Å². The Hall–Kier alpha value is -4.44. The molecule has 0 spiro atoms. The van der Waals surface area contributed by atoms with Gasteiger partial charge in [-0.3, -0.25) is 19.5 Å². The zero-order chi connectivity index (χ0) is 24.8. The van der Waals surface area contributed by atoms with Crippen molar-refractivity contribution < 1.29 is 0 Å². The van der Waals surface area contributed by atoms with Gasteiger partial charge in [-0.15, -0.1) is 0 Å². The van der Waals surface area contributed by atoms with E-state index in [1.54, 1.807) is 12.5 Å². The molecule has 10 heteroatoms. The van der Waals surface area contributed by atoms with Crippen LogP contribution < -0.4 is 0 Å². The molecule has 0 aliphatic carbocycles. The second-order valence-corrected chi connectivity index (χ2v) is 9.62. The van der Waals surface area contributed by atoms with Crippen LogP contribution in [0, 0.1) is 6.92 Å². The van der Waals surface area contributed by atoms with E-state index in [4.69, 9.17) is 9.97 Å². The fraction of sp³-hybridized carbons (Fsp3) is 0.259. The highest BCUT2D eigenvalue weighted by Crippen LogP contribution is 2.29. The zero-order valence-electron chi connectivity index (χ0n) is 20.5. The summed E-state index contributed by atoms with van der Waals surface area (Å²) in [6.07, 6.45) is 13.2. The van der Waals surface area contributed by atoms with Crippen LogP contribution in [0.4, 0.5) is 0 Å². The van der Waals surface area contributed by atoms with Gasteiger partial charge in [-0.05, 0) is 62.7 Å². The van der Waals surface area contributed by atoms with Gasteiger partial charge in [0.15, 0.2) is 17.3 Å². The van der Waals surface area contributed by atoms with Crippen LogP contribution in [-0.2, 0) is 6.54 Å². The molecule has 0 aromatic carbocycles. The molecule has 0 atom stereocenters. The number of aryl methyl sites for hydroxylation is 1. The highest BCUT2D eigenvalue weighted by atomic mass is 15.2. The SMILES string of the molecule is Cc1cn(-c2nccc3[nH]c(-c4n[nH]c5ccc(-c6cncc(CN7CCCCC7)c6)nc45)nc23)cn1. The first-order chi connectivity index (χ1) is 18.2. The van der Waals surface area contributed by atoms with Crippen LogP contribution in [0.1, 0.15) is 30.5 Å². The van der Waals surface area contributed by atoms with Crippen molar-refractivity contribution in [1.82, 2.24) is 49.6 Å². The van der Waals surface area contributed by atoms with E-state index < -0.39 is 0 Å². The Labute approximate surface area is 212 Å². The van der Waals surface area contributed by atoms with Crippen molar-refractivity contribution in [2.24, 2.45) is 0 Å². The van der Waals surface area contributed by atoms with Crippen molar-refractivity contribution in [2.45, 2.75) is 32.7 Å². The maximum absolute atomic E-state index is 4.99. The highest BCUT2D eigenvalue weighted by molar-refractivity contribution is 5.92. The number of nitrogens with one attached hydrogen (secondary N) is 2. The van der Waals surface area contributed by atoms with Crippen LogP contribution in [0.25, 0.3) is 50.7 Å². The van der Waals surface area contributed by atoms with Gasteiger partial charge in [-0.25, -0.2) is 19.9 Å². The summed E-state index contributed by atoms with van der Waals surface area (Å²) in [7, 11) is 0. The lowest BCUT2D eigenvalue weighted by molar-refractivity contribution is 0.220. The van der Waals surface area contributed by atoms with Crippen LogP contribution in [-0.4, -0.2) is 62.7 Å². The Morgan fingerprint density at radius 2 is 1.86 bits per heavy atom. The third-order valence-electron chi connectivity index (χ3n) is 6.92. The molecular weight excluding hydrogens is 464 g/mol. The third-order valence-corrected chi connectivity index (χ3v) is 6.92. The van der Waals surface area contributed by atoms with Crippen LogP contribution in [0.3, 0.4) is 0 Å². The second kappa shape index (κ2) is 8.90. The standard InChI is InChI=1S/C27H26N10/c1-17-14-37(16-30-17)27-24-21(7-8-29-27)32-26(33-24)25-23-22(34-35-25)6-5-20(31-23)19-11-18(12-28-13-19)15-36-9-3-2-4-10-36/h5-8,11-14,16H,2-4,9-10,15H2,1H3,(H,32,33)(H,34,35). The van der Waals surface area contributed by atoms with Gasteiger partial charge in [0.05, 0.1) is 22.4 Å². The van der Waals surface area contributed by atoms with Crippen molar-refractivity contribution in [2.75, 3.05) is 13.1 Å². The smallest absolute Gasteiger partial charge is 0.166 e. The molecule has 10 nitrogen and oxygen atoms in total. The largest absolute Gasteiger partial charge is 0.336 e. The summed E-state index contributed by atoms with van der Waals surface area (Å²) in [4.78, 5) is 29.1. The van der Waals surface area contributed by atoms with Crippen LogP contribution >= 0.6 is 0 Å². The number of nitrogens with zero attached hydrogens (tertiary/aromatic N) is 8. The number of fused-ring (bicyclic) bond motifs is 2. The Kier molecular flexibility index (Phi) is 5.24. The number of aromatic nitrogens is 9. The molecule has 184 valence electrons. The Bertz CT molecular complexity index is 1720. The van der Waals surface area contributed by atoms with E-state index >= 15 is 0 Å². The van der Waals surface area contributed by atoms with Gasteiger partial charge in [0, 0.05) is 36.9 Å². The quantitative estimate of drug-likeness (QED) is 0.367. The van der Waals surface area contributed by atoms with Crippen molar-refractivity contribution in [3.8, 4) is 28.6 Å². The summed E-state index contributed by atoms with van der Waals surface area (Å²) in [6, 6.07) is 8.12. The number of hydrogen-bond acceptors (Lipinski definition) is 7. The number of H-pyrrole nitrogens is 2. The predicted molar refractivity (Wildman–Crippen MR) is 141 cm³/mol. The average molecular weight is 491 g/mol. The number of rotatable bonds is 5. The number of hydrogen-bond donors (Lipinski definition) is 2. The van der Waals surface area contributed by atoms with Crippen molar-refractivity contribution >= 4 is 22.1 Å². The lowest BCUT2D eigenvalue weighted by atomic mass is 10.1. The minimum Gasteiger partial charge on any atom is -0.336 e. The molecule has 1 fully saturated rings. The minimum absolute atomic E-state index is 0.633. The molecule has 6 aromatic rings. The Balaban J connectivity index is 1.26. The molecular formula is C27H26N10. The third kappa shape index (κ3) is 4.05. The van der Waals surface area contributed by atoms with Crippen LogP contribution in [0.15, 0.2) is 55.4 Å². The lowest BCUT2D eigenvalue weighted by Gasteiger charge is -2.26. The van der Waals surface area contributed by atoms with Crippen molar-refractivity contribution in [1.29, 1.82) is 0 Å². The lowest BCUT2D eigenvalue weighted by Crippen LogP contribution is -2.29. The van der Waals surface area contributed by atoms with Crippen molar-refractivity contribution in [3.63, 3.8) is 0 Å². The van der Waals surface area contributed by atoms with E-state index in [1.165, 1.54) is 24.8 Å².